The fraction of sp³-hybridized carbons (Fsp3) is 0.167. The van der Waals surface area contributed by atoms with Crippen LogP contribution in [0.15, 0.2) is 27.8 Å². The van der Waals surface area contributed by atoms with Crippen molar-refractivity contribution < 1.29 is 9.84 Å². The van der Waals surface area contributed by atoms with Gasteiger partial charge < -0.3 is 9.84 Å². The molecule has 7 heteroatoms. The first-order valence-corrected chi connectivity index (χ1v) is 5.72. The zero-order chi connectivity index (χ0) is 14.2. The molecule has 0 unspecified atom stereocenters. The smallest absolute Gasteiger partial charge is 0.335 e. The lowest BCUT2D eigenvalue weighted by molar-refractivity contribution is 0.412. The Kier molecular flexibility index (Phi) is 3.35. The van der Waals surface area contributed by atoms with Crippen LogP contribution in [-0.4, -0.2) is 21.8 Å². The van der Waals surface area contributed by atoms with Crippen LogP contribution in [0.5, 0.6) is 11.6 Å². The first-order chi connectivity index (χ1) is 8.95. The predicted molar refractivity (Wildman–Crippen MR) is 70.6 cm³/mol. The minimum Gasteiger partial charge on any atom is -0.497 e. The van der Waals surface area contributed by atoms with E-state index in [1.165, 1.54) is 26.2 Å². The van der Waals surface area contributed by atoms with Gasteiger partial charge >= 0.3 is 5.69 Å². The number of aromatic hydroxyl groups is 1. The van der Waals surface area contributed by atoms with Crippen molar-refractivity contribution in [3.8, 4) is 17.3 Å². The summed E-state index contributed by atoms with van der Waals surface area (Å²) in [6.07, 6.45) is 0. The molecule has 1 aromatic heterocycles. The molecule has 0 radical (unpaired) electrons. The van der Waals surface area contributed by atoms with Crippen molar-refractivity contribution >= 4 is 11.6 Å². The van der Waals surface area contributed by atoms with Gasteiger partial charge in [0.05, 0.1) is 23.4 Å². The number of ether oxygens (including phenoxy) is 1. The number of hydrogen-bond acceptors (Lipinski definition) is 4. The summed E-state index contributed by atoms with van der Waals surface area (Å²) in [7, 11) is 1.47. The van der Waals surface area contributed by atoms with Crippen molar-refractivity contribution in [1.82, 2.24) is 9.55 Å². The minimum absolute atomic E-state index is 0.0264. The largest absolute Gasteiger partial charge is 0.497 e. The lowest BCUT2D eigenvalue weighted by atomic mass is 10.2. The fourth-order valence-corrected chi connectivity index (χ4v) is 1.83. The van der Waals surface area contributed by atoms with Crippen molar-refractivity contribution in [1.29, 1.82) is 0 Å². The second-order valence-corrected chi connectivity index (χ2v) is 4.27. The molecule has 1 aromatic carbocycles. The molecule has 2 rings (SSSR count). The Labute approximate surface area is 112 Å². The van der Waals surface area contributed by atoms with Crippen LogP contribution >= 0.6 is 11.6 Å². The number of benzene rings is 1. The Morgan fingerprint density at radius 3 is 2.68 bits per heavy atom. The number of aromatic nitrogens is 2. The predicted octanol–water partition coefficient (Wildman–Crippen LogP) is 1.20. The maximum absolute atomic E-state index is 11.8. The number of H-pyrrole nitrogens is 1. The molecule has 0 aliphatic heterocycles. The SMILES string of the molecule is COc1ccc(Cl)c(-n2c(O)c(C)c(=O)[nH]c2=O)c1. The number of nitrogens with one attached hydrogen (secondary N) is 1. The van der Waals surface area contributed by atoms with Gasteiger partial charge in [0.25, 0.3) is 5.56 Å². The van der Waals surface area contributed by atoms with Crippen molar-refractivity contribution in [3.05, 3.63) is 49.6 Å². The first-order valence-electron chi connectivity index (χ1n) is 5.34. The average Bonchev–Trinajstić information content (AvgIpc) is 2.38. The maximum atomic E-state index is 11.8. The maximum Gasteiger partial charge on any atom is 0.335 e. The second-order valence-electron chi connectivity index (χ2n) is 3.86. The first kappa shape index (κ1) is 13.2. The van der Waals surface area contributed by atoms with Crippen LogP contribution in [-0.2, 0) is 0 Å². The molecule has 0 saturated carbocycles. The number of hydrogen-bond donors (Lipinski definition) is 2. The number of halogens is 1. The zero-order valence-electron chi connectivity index (χ0n) is 10.2. The van der Waals surface area contributed by atoms with E-state index in [0.29, 0.717) is 5.75 Å². The zero-order valence-corrected chi connectivity index (χ0v) is 11.0. The molecule has 0 amide bonds. The van der Waals surface area contributed by atoms with E-state index in [9.17, 15) is 14.7 Å². The Morgan fingerprint density at radius 1 is 1.37 bits per heavy atom. The third kappa shape index (κ3) is 2.22. The van der Waals surface area contributed by atoms with Crippen LogP contribution in [0.2, 0.25) is 5.02 Å². The second kappa shape index (κ2) is 4.81. The topological polar surface area (TPSA) is 84.3 Å². The summed E-state index contributed by atoms with van der Waals surface area (Å²) < 4.78 is 5.96. The molecule has 0 fully saturated rings. The monoisotopic (exact) mass is 282 g/mol. The van der Waals surface area contributed by atoms with E-state index < -0.39 is 17.1 Å². The number of nitrogens with zero attached hydrogens (tertiary/aromatic N) is 1. The highest BCUT2D eigenvalue weighted by Gasteiger charge is 2.15. The van der Waals surface area contributed by atoms with E-state index in [2.05, 4.69) is 4.98 Å². The van der Waals surface area contributed by atoms with Crippen LogP contribution in [0, 0.1) is 6.92 Å². The molecule has 100 valence electrons. The highest BCUT2D eigenvalue weighted by molar-refractivity contribution is 6.32. The van der Waals surface area contributed by atoms with Crippen LogP contribution in [0.25, 0.3) is 5.69 Å². The third-order valence-electron chi connectivity index (χ3n) is 2.71. The van der Waals surface area contributed by atoms with Gasteiger partial charge in [0.1, 0.15) is 5.75 Å². The molecule has 0 aliphatic rings. The lowest BCUT2D eigenvalue weighted by Crippen LogP contribution is -2.30. The van der Waals surface area contributed by atoms with Gasteiger partial charge in [-0.3, -0.25) is 9.78 Å². The molecule has 0 atom stereocenters. The molecular weight excluding hydrogens is 272 g/mol. The molecule has 1 heterocycles. The van der Waals surface area contributed by atoms with E-state index in [1.807, 2.05) is 0 Å². The van der Waals surface area contributed by atoms with Gasteiger partial charge in [-0.05, 0) is 19.1 Å². The van der Waals surface area contributed by atoms with Gasteiger partial charge in [0, 0.05) is 6.07 Å². The fourth-order valence-electron chi connectivity index (χ4n) is 1.63. The standard InChI is InChI=1S/C12H11ClN2O4/c1-6-10(16)14-12(18)15(11(6)17)9-5-7(19-2)3-4-8(9)13/h3-5,17H,1-2H3,(H,14,16,18). The minimum atomic E-state index is -0.775. The average molecular weight is 283 g/mol. The summed E-state index contributed by atoms with van der Waals surface area (Å²) >= 11 is 6.01. The Bertz CT molecular complexity index is 748. The van der Waals surface area contributed by atoms with Gasteiger partial charge in [-0.2, -0.15) is 0 Å². The van der Waals surface area contributed by atoms with Crippen LogP contribution in [0.1, 0.15) is 5.56 Å². The summed E-state index contributed by atoms with van der Waals surface area (Å²) in [5, 5.41) is 10.2. The normalized spacial score (nSPS) is 10.5. The molecule has 2 aromatic rings. The lowest BCUT2D eigenvalue weighted by Gasteiger charge is -2.12. The highest BCUT2D eigenvalue weighted by Crippen LogP contribution is 2.27. The summed E-state index contributed by atoms with van der Waals surface area (Å²) in [6, 6.07) is 4.63. The summed E-state index contributed by atoms with van der Waals surface area (Å²) in [5.74, 6) is 0.0125. The Hall–Kier alpha value is -2.21. The summed E-state index contributed by atoms with van der Waals surface area (Å²) in [6.45, 7) is 1.40. The number of rotatable bonds is 2. The van der Waals surface area contributed by atoms with Crippen molar-refractivity contribution in [2.75, 3.05) is 7.11 Å². The molecule has 0 spiro atoms. The van der Waals surface area contributed by atoms with Gasteiger partial charge in [-0.25, -0.2) is 9.36 Å². The van der Waals surface area contributed by atoms with Crippen LogP contribution in [0.4, 0.5) is 0 Å². The highest BCUT2D eigenvalue weighted by atomic mass is 35.5. The Balaban J connectivity index is 2.83. The number of methoxy groups -OCH3 is 1. The van der Waals surface area contributed by atoms with E-state index in [-0.39, 0.29) is 16.3 Å². The molecular formula is C12H11ClN2O4. The van der Waals surface area contributed by atoms with E-state index in [1.54, 1.807) is 6.07 Å². The molecule has 0 bridgehead atoms. The van der Waals surface area contributed by atoms with Crippen molar-refractivity contribution in [2.45, 2.75) is 6.92 Å². The molecule has 0 saturated heterocycles. The van der Waals surface area contributed by atoms with Crippen molar-refractivity contribution in [3.63, 3.8) is 0 Å². The van der Waals surface area contributed by atoms with E-state index in [4.69, 9.17) is 16.3 Å². The van der Waals surface area contributed by atoms with E-state index in [0.717, 1.165) is 4.57 Å². The van der Waals surface area contributed by atoms with Gasteiger partial charge in [0.15, 0.2) is 0 Å². The molecule has 19 heavy (non-hydrogen) atoms. The third-order valence-corrected chi connectivity index (χ3v) is 3.03. The number of aromatic amines is 1. The van der Waals surface area contributed by atoms with Gasteiger partial charge in [0.2, 0.25) is 5.88 Å². The van der Waals surface area contributed by atoms with Crippen LogP contribution < -0.4 is 16.0 Å². The Morgan fingerprint density at radius 2 is 2.05 bits per heavy atom. The van der Waals surface area contributed by atoms with E-state index >= 15 is 0 Å². The molecule has 6 nitrogen and oxygen atoms in total. The van der Waals surface area contributed by atoms with Gasteiger partial charge in [-0.1, -0.05) is 11.6 Å². The summed E-state index contributed by atoms with van der Waals surface area (Å²) in [5.41, 5.74) is -1.16. The quantitative estimate of drug-likeness (QED) is 0.867. The molecule has 2 N–H and O–H groups in total. The van der Waals surface area contributed by atoms with Crippen molar-refractivity contribution in [2.24, 2.45) is 0 Å². The van der Waals surface area contributed by atoms with Gasteiger partial charge in [-0.15, -0.1) is 0 Å². The molecule has 0 aliphatic carbocycles. The summed E-state index contributed by atoms with van der Waals surface area (Å²) in [4.78, 5) is 25.3. The van der Waals surface area contributed by atoms with Crippen LogP contribution in [0.3, 0.4) is 0 Å².